The van der Waals surface area contributed by atoms with E-state index in [1.54, 1.807) is 0 Å². The third-order valence-corrected chi connectivity index (χ3v) is 6.16. The molecule has 1 aliphatic carbocycles. The molecule has 0 aromatic heterocycles. The molecule has 176 valence electrons. The molecule has 0 atom stereocenters. The lowest BCUT2D eigenvalue weighted by molar-refractivity contribution is 0.00533. The van der Waals surface area contributed by atoms with Crippen LogP contribution in [0.3, 0.4) is 0 Å². The average Bonchev–Trinajstić information content (AvgIpc) is 3.20. The van der Waals surface area contributed by atoms with Gasteiger partial charge in [0.15, 0.2) is 5.96 Å². The highest BCUT2D eigenvalue weighted by atomic mass is 127. The number of halogens is 1. The van der Waals surface area contributed by atoms with Gasteiger partial charge in [-0.2, -0.15) is 0 Å². The number of rotatable bonds is 10. The van der Waals surface area contributed by atoms with Gasteiger partial charge in [-0.3, -0.25) is 9.89 Å². The van der Waals surface area contributed by atoms with Crippen LogP contribution in [0.4, 0.5) is 0 Å². The van der Waals surface area contributed by atoms with E-state index in [4.69, 9.17) is 4.74 Å². The van der Waals surface area contributed by atoms with Crippen molar-refractivity contribution >= 4 is 29.9 Å². The second-order valence-corrected chi connectivity index (χ2v) is 8.74. The summed E-state index contributed by atoms with van der Waals surface area (Å²) in [5.74, 6) is 0.798. The standard InChI is InChI=1S/C24H40N4O2.HI/c1-2-25-23(27-20-24(29)13-6-7-14-24)26-15-8-18-30-22-11-16-28(17-12-22)19-21-9-4-3-5-10-21;/h3-5,9-10,22,29H,2,6-8,11-20H2,1H3,(H2,25,26,27);1H. The largest absolute Gasteiger partial charge is 0.388 e. The molecular weight excluding hydrogens is 503 g/mol. The summed E-state index contributed by atoms with van der Waals surface area (Å²) in [7, 11) is 0. The van der Waals surface area contributed by atoms with Crippen molar-refractivity contribution in [3.8, 4) is 0 Å². The Morgan fingerprint density at radius 1 is 1.16 bits per heavy atom. The van der Waals surface area contributed by atoms with E-state index >= 15 is 0 Å². The van der Waals surface area contributed by atoms with Crippen LogP contribution >= 0.6 is 24.0 Å². The number of likely N-dealkylation sites (tertiary alicyclic amines) is 1. The summed E-state index contributed by atoms with van der Waals surface area (Å²) in [4.78, 5) is 7.12. The fraction of sp³-hybridized carbons (Fsp3) is 0.708. The van der Waals surface area contributed by atoms with E-state index in [1.165, 1.54) is 5.56 Å². The fourth-order valence-electron chi connectivity index (χ4n) is 4.36. The normalized spacial score (nSPS) is 19.7. The molecule has 1 aromatic carbocycles. The van der Waals surface area contributed by atoms with Crippen LogP contribution in [-0.2, 0) is 11.3 Å². The average molecular weight is 545 g/mol. The zero-order valence-electron chi connectivity index (χ0n) is 19.0. The van der Waals surface area contributed by atoms with Gasteiger partial charge in [-0.05, 0) is 44.6 Å². The van der Waals surface area contributed by atoms with Gasteiger partial charge in [-0.1, -0.05) is 43.2 Å². The van der Waals surface area contributed by atoms with Gasteiger partial charge < -0.3 is 20.5 Å². The number of aliphatic imine (C=N–C) groups is 1. The minimum Gasteiger partial charge on any atom is -0.388 e. The summed E-state index contributed by atoms with van der Waals surface area (Å²) in [6.45, 7) is 8.24. The molecular formula is C24H41IN4O2. The van der Waals surface area contributed by atoms with E-state index in [1.807, 2.05) is 0 Å². The highest BCUT2D eigenvalue weighted by Crippen LogP contribution is 2.29. The van der Waals surface area contributed by atoms with Crippen LogP contribution < -0.4 is 10.6 Å². The van der Waals surface area contributed by atoms with E-state index in [9.17, 15) is 5.11 Å². The molecule has 3 rings (SSSR count). The van der Waals surface area contributed by atoms with E-state index in [2.05, 4.69) is 57.8 Å². The molecule has 0 radical (unpaired) electrons. The number of benzene rings is 1. The van der Waals surface area contributed by atoms with Gasteiger partial charge in [0.05, 0.1) is 18.2 Å². The Kier molecular flexibility index (Phi) is 12.1. The fourth-order valence-corrected chi connectivity index (χ4v) is 4.36. The number of piperidine rings is 1. The van der Waals surface area contributed by atoms with Gasteiger partial charge in [0, 0.05) is 39.3 Å². The van der Waals surface area contributed by atoms with Crippen molar-refractivity contribution in [3.63, 3.8) is 0 Å². The van der Waals surface area contributed by atoms with Crippen molar-refractivity contribution in [1.29, 1.82) is 0 Å². The lowest BCUT2D eigenvalue weighted by Crippen LogP contribution is -2.40. The second-order valence-electron chi connectivity index (χ2n) is 8.74. The molecule has 2 aliphatic rings. The summed E-state index contributed by atoms with van der Waals surface area (Å²) >= 11 is 0. The van der Waals surface area contributed by atoms with Crippen LogP contribution in [-0.4, -0.2) is 67.0 Å². The Morgan fingerprint density at radius 2 is 1.87 bits per heavy atom. The van der Waals surface area contributed by atoms with Crippen LogP contribution in [0.1, 0.15) is 57.4 Å². The Hall–Kier alpha value is -0.900. The number of aliphatic hydroxyl groups is 1. The Morgan fingerprint density at radius 3 is 2.55 bits per heavy atom. The van der Waals surface area contributed by atoms with Crippen LogP contribution in [0.15, 0.2) is 35.3 Å². The molecule has 1 aromatic rings. The van der Waals surface area contributed by atoms with E-state index in [-0.39, 0.29) is 24.0 Å². The van der Waals surface area contributed by atoms with Gasteiger partial charge in [0.25, 0.3) is 0 Å². The first-order chi connectivity index (χ1) is 14.7. The van der Waals surface area contributed by atoms with Crippen LogP contribution in [0.25, 0.3) is 0 Å². The summed E-state index contributed by atoms with van der Waals surface area (Å²) in [5.41, 5.74) is 0.794. The van der Waals surface area contributed by atoms with Crippen molar-refractivity contribution in [3.05, 3.63) is 35.9 Å². The van der Waals surface area contributed by atoms with Crippen molar-refractivity contribution in [1.82, 2.24) is 15.5 Å². The summed E-state index contributed by atoms with van der Waals surface area (Å²) in [6.07, 6.45) is 7.53. The van der Waals surface area contributed by atoms with Gasteiger partial charge >= 0.3 is 0 Å². The molecule has 1 saturated carbocycles. The summed E-state index contributed by atoms with van der Waals surface area (Å²) in [6, 6.07) is 10.7. The molecule has 6 nitrogen and oxygen atoms in total. The number of nitrogens with one attached hydrogen (secondary N) is 2. The Bertz CT molecular complexity index is 630. The predicted octanol–water partition coefficient (Wildman–Crippen LogP) is 3.54. The molecule has 0 amide bonds. The van der Waals surface area contributed by atoms with Crippen LogP contribution in [0.2, 0.25) is 0 Å². The summed E-state index contributed by atoms with van der Waals surface area (Å²) in [5, 5.41) is 17.1. The SMILES string of the molecule is CCNC(=NCC1(O)CCCC1)NCCCOC1CCN(Cc2ccccc2)CC1.I. The highest BCUT2D eigenvalue weighted by Gasteiger charge is 2.30. The lowest BCUT2D eigenvalue weighted by Gasteiger charge is -2.32. The zero-order valence-corrected chi connectivity index (χ0v) is 21.4. The Balaban J connectivity index is 0.00000341. The van der Waals surface area contributed by atoms with Gasteiger partial charge in [-0.15, -0.1) is 24.0 Å². The maximum atomic E-state index is 10.5. The maximum Gasteiger partial charge on any atom is 0.191 e. The first kappa shape index (κ1) is 26.4. The number of hydrogen-bond acceptors (Lipinski definition) is 4. The van der Waals surface area contributed by atoms with E-state index in [0.717, 1.165) is 90.2 Å². The smallest absolute Gasteiger partial charge is 0.191 e. The minimum absolute atomic E-state index is 0. The van der Waals surface area contributed by atoms with Gasteiger partial charge in [0.2, 0.25) is 0 Å². The van der Waals surface area contributed by atoms with E-state index < -0.39 is 5.60 Å². The van der Waals surface area contributed by atoms with Crippen molar-refractivity contribution in [2.75, 3.05) is 39.3 Å². The molecule has 1 saturated heterocycles. The first-order valence-electron chi connectivity index (χ1n) is 11.8. The zero-order chi connectivity index (χ0) is 21.1. The predicted molar refractivity (Wildman–Crippen MR) is 138 cm³/mol. The molecule has 3 N–H and O–H groups in total. The first-order valence-corrected chi connectivity index (χ1v) is 11.8. The van der Waals surface area contributed by atoms with Gasteiger partial charge in [-0.25, -0.2) is 0 Å². The molecule has 0 bridgehead atoms. The molecule has 2 fully saturated rings. The van der Waals surface area contributed by atoms with Crippen LogP contribution in [0, 0.1) is 0 Å². The molecule has 0 unspecified atom stereocenters. The number of hydrogen-bond donors (Lipinski definition) is 3. The van der Waals surface area contributed by atoms with Crippen LogP contribution in [0.5, 0.6) is 0 Å². The lowest BCUT2D eigenvalue weighted by atomic mass is 10.0. The minimum atomic E-state index is -0.596. The number of guanidine groups is 1. The van der Waals surface area contributed by atoms with Crippen molar-refractivity contribution in [2.45, 2.75) is 70.1 Å². The van der Waals surface area contributed by atoms with Crippen molar-refractivity contribution < 1.29 is 9.84 Å². The number of ether oxygens (including phenoxy) is 1. The molecule has 7 heteroatoms. The van der Waals surface area contributed by atoms with E-state index in [0.29, 0.717) is 12.6 Å². The monoisotopic (exact) mass is 544 g/mol. The molecule has 31 heavy (non-hydrogen) atoms. The number of nitrogens with zero attached hydrogens (tertiary/aromatic N) is 2. The van der Waals surface area contributed by atoms with Crippen molar-refractivity contribution in [2.24, 2.45) is 4.99 Å². The Labute approximate surface area is 205 Å². The third kappa shape index (κ3) is 9.63. The quantitative estimate of drug-likeness (QED) is 0.182. The third-order valence-electron chi connectivity index (χ3n) is 6.16. The molecule has 1 heterocycles. The molecule has 1 aliphatic heterocycles. The second kappa shape index (κ2) is 14.3. The summed E-state index contributed by atoms with van der Waals surface area (Å²) < 4.78 is 6.11. The maximum absolute atomic E-state index is 10.5. The highest BCUT2D eigenvalue weighted by molar-refractivity contribution is 14.0. The topological polar surface area (TPSA) is 69.1 Å². The van der Waals surface area contributed by atoms with Gasteiger partial charge in [0.1, 0.15) is 0 Å². The molecule has 0 spiro atoms.